The lowest BCUT2D eigenvalue weighted by Crippen LogP contribution is -2.25. The van der Waals surface area contributed by atoms with E-state index in [1.54, 1.807) is 24.3 Å². The van der Waals surface area contributed by atoms with E-state index in [4.69, 9.17) is 4.74 Å². The molecule has 0 aromatic heterocycles. The van der Waals surface area contributed by atoms with E-state index in [9.17, 15) is 13.2 Å². The second-order valence-electron chi connectivity index (χ2n) is 4.18. The molecule has 0 radical (unpaired) electrons. The van der Waals surface area contributed by atoms with Gasteiger partial charge in [0.25, 0.3) is 0 Å². The maximum Gasteiger partial charge on any atom is 0.338 e. The Hall–Kier alpha value is -1.82. The maximum atomic E-state index is 11.7. The van der Waals surface area contributed by atoms with Crippen molar-refractivity contribution >= 4 is 21.7 Å². The molecule has 1 fully saturated rings. The normalized spacial score (nSPS) is 17.2. The average molecular weight is 281 g/mol. The summed E-state index contributed by atoms with van der Waals surface area (Å²) in [7, 11) is -3.18. The van der Waals surface area contributed by atoms with Crippen LogP contribution in [-0.2, 0) is 14.8 Å². The lowest BCUT2D eigenvalue weighted by Gasteiger charge is -2.16. The van der Waals surface area contributed by atoms with Crippen molar-refractivity contribution in [3.05, 3.63) is 42.5 Å². The van der Waals surface area contributed by atoms with Crippen molar-refractivity contribution in [3.63, 3.8) is 0 Å². The number of esters is 1. The van der Waals surface area contributed by atoms with Gasteiger partial charge in [0.05, 0.1) is 17.0 Å². The Morgan fingerprint density at radius 1 is 1.37 bits per heavy atom. The first-order valence-electron chi connectivity index (χ1n) is 5.93. The fourth-order valence-corrected chi connectivity index (χ4v) is 3.48. The van der Waals surface area contributed by atoms with E-state index in [1.165, 1.54) is 10.4 Å². The molecule has 0 aliphatic carbocycles. The van der Waals surface area contributed by atoms with Crippen LogP contribution in [0.4, 0.5) is 5.69 Å². The third-order valence-corrected chi connectivity index (χ3v) is 4.69. The lowest BCUT2D eigenvalue weighted by atomic mass is 10.2. The van der Waals surface area contributed by atoms with Crippen molar-refractivity contribution in [2.75, 3.05) is 23.2 Å². The highest BCUT2D eigenvalue weighted by Gasteiger charge is 2.28. The number of anilines is 1. The first-order chi connectivity index (χ1) is 9.04. The average Bonchev–Trinajstić information content (AvgIpc) is 2.76. The van der Waals surface area contributed by atoms with Gasteiger partial charge in [0, 0.05) is 6.54 Å². The van der Waals surface area contributed by atoms with E-state index in [2.05, 4.69) is 6.58 Å². The number of hydrogen-bond acceptors (Lipinski definition) is 4. The summed E-state index contributed by atoms with van der Waals surface area (Å²) in [5.41, 5.74) is 0.972. The van der Waals surface area contributed by atoms with E-state index in [0.29, 0.717) is 24.2 Å². The summed E-state index contributed by atoms with van der Waals surface area (Å²) in [6.07, 6.45) is 2.12. The second-order valence-corrected chi connectivity index (χ2v) is 6.19. The van der Waals surface area contributed by atoms with E-state index in [0.717, 1.165) is 0 Å². The number of benzene rings is 1. The third kappa shape index (κ3) is 2.96. The molecule has 6 heteroatoms. The molecular weight excluding hydrogens is 266 g/mol. The highest BCUT2D eigenvalue weighted by molar-refractivity contribution is 7.93. The molecule has 1 aliphatic heterocycles. The van der Waals surface area contributed by atoms with Gasteiger partial charge in [0.15, 0.2) is 0 Å². The SMILES string of the molecule is C=CCOC(=O)c1ccc(N2CCCS2(=O)=O)cc1. The lowest BCUT2D eigenvalue weighted by molar-refractivity contribution is 0.0550. The molecule has 0 bridgehead atoms. The van der Waals surface area contributed by atoms with Crippen LogP contribution in [0.5, 0.6) is 0 Å². The minimum Gasteiger partial charge on any atom is -0.458 e. The summed E-state index contributed by atoms with van der Waals surface area (Å²) < 4.78 is 29.8. The van der Waals surface area contributed by atoms with E-state index >= 15 is 0 Å². The number of sulfonamides is 1. The van der Waals surface area contributed by atoms with Gasteiger partial charge < -0.3 is 4.74 Å². The Labute approximate surface area is 112 Å². The summed E-state index contributed by atoms with van der Waals surface area (Å²) in [6, 6.07) is 6.37. The van der Waals surface area contributed by atoms with E-state index < -0.39 is 16.0 Å². The molecule has 1 heterocycles. The molecule has 1 aromatic carbocycles. The van der Waals surface area contributed by atoms with Crippen LogP contribution < -0.4 is 4.31 Å². The molecular formula is C13H15NO4S. The fourth-order valence-electron chi connectivity index (χ4n) is 1.91. The summed E-state index contributed by atoms with van der Waals surface area (Å²) in [4.78, 5) is 11.6. The second kappa shape index (κ2) is 5.44. The number of ether oxygens (including phenoxy) is 1. The third-order valence-electron chi connectivity index (χ3n) is 2.82. The Bertz CT molecular complexity index is 577. The monoisotopic (exact) mass is 281 g/mol. The Morgan fingerprint density at radius 3 is 2.58 bits per heavy atom. The van der Waals surface area contributed by atoms with Crippen LogP contribution in [0.1, 0.15) is 16.8 Å². The predicted molar refractivity (Wildman–Crippen MR) is 72.7 cm³/mol. The van der Waals surface area contributed by atoms with Gasteiger partial charge in [-0.25, -0.2) is 13.2 Å². The molecule has 0 spiro atoms. The quantitative estimate of drug-likeness (QED) is 0.621. The van der Waals surface area contributed by atoms with Gasteiger partial charge in [-0.2, -0.15) is 0 Å². The molecule has 0 saturated carbocycles. The van der Waals surface area contributed by atoms with Crippen LogP contribution in [0.2, 0.25) is 0 Å². The van der Waals surface area contributed by atoms with Crippen LogP contribution in [0.3, 0.4) is 0 Å². The molecule has 1 aromatic rings. The van der Waals surface area contributed by atoms with Crippen molar-refractivity contribution in [2.45, 2.75) is 6.42 Å². The summed E-state index contributed by atoms with van der Waals surface area (Å²) in [5.74, 6) is -0.272. The minimum atomic E-state index is -3.18. The van der Waals surface area contributed by atoms with Crippen molar-refractivity contribution in [3.8, 4) is 0 Å². The molecule has 0 amide bonds. The van der Waals surface area contributed by atoms with Gasteiger partial charge >= 0.3 is 5.97 Å². The van der Waals surface area contributed by atoms with Gasteiger partial charge in [-0.15, -0.1) is 0 Å². The van der Waals surface area contributed by atoms with Crippen LogP contribution in [0, 0.1) is 0 Å². The van der Waals surface area contributed by atoms with Crippen molar-refractivity contribution in [2.24, 2.45) is 0 Å². The van der Waals surface area contributed by atoms with E-state index in [1.807, 2.05) is 0 Å². The summed E-state index contributed by atoms with van der Waals surface area (Å²) in [6.45, 7) is 4.10. The van der Waals surface area contributed by atoms with Crippen LogP contribution >= 0.6 is 0 Å². The van der Waals surface area contributed by atoms with Crippen LogP contribution in [-0.4, -0.2) is 33.3 Å². The largest absolute Gasteiger partial charge is 0.458 e. The minimum absolute atomic E-state index is 0.154. The van der Waals surface area contributed by atoms with Gasteiger partial charge in [0.1, 0.15) is 6.61 Å². The molecule has 102 valence electrons. The number of hydrogen-bond donors (Lipinski definition) is 0. The molecule has 0 unspecified atom stereocenters. The van der Waals surface area contributed by atoms with Gasteiger partial charge in [-0.1, -0.05) is 12.7 Å². The maximum absolute atomic E-state index is 11.7. The Balaban J connectivity index is 2.15. The predicted octanol–water partition coefficient (Wildman–Crippen LogP) is 1.57. The van der Waals surface area contributed by atoms with Crippen molar-refractivity contribution in [1.29, 1.82) is 0 Å². The van der Waals surface area contributed by atoms with Crippen molar-refractivity contribution in [1.82, 2.24) is 0 Å². The highest BCUT2D eigenvalue weighted by Crippen LogP contribution is 2.24. The fraction of sp³-hybridized carbons (Fsp3) is 0.308. The summed E-state index contributed by atoms with van der Waals surface area (Å²) >= 11 is 0. The molecule has 0 atom stereocenters. The Kier molecular flexibility index (Phi) is 3.90. The topological polar surface area (TPSA) is 63.7 Å². The number of nitrogens with zero attached hydrogens (tertiary/aromatic N) is 1. The zero-order valence-corrected chi connectivity index (χ0v) is 11.2. The summed E-state index contributed by atoms with van der Waals surface area (Å²) in [5, 5.41) is 0. The molecule has 5 nitrogen and oxygen atoms in total. The first kappa shape index (κ1) is 13.6. The van der Waals surface area contributed by atoms with E-state index in [-0.39, 0.29) is 12.4 Å². The zero-order chi connectivity index (χ0) is 13.9. The molecule has 19 heavy (non-hydrogen) atoms. The first-order valence-corrected chi connectivity index (χ1v) is 7.54. The van der Waals surface area contributed by atoms with Gasteiger partial charge in [-0.05, 0) is 30.7 Å². The standard InChI is InChI=1S/C13H15NO4S/c1-2-9-18-13(15)11-4-6-12(7-5-11)14-8-3-10-19(14,16)17/h2,4-7H,1,3,8-10H2. The van der Waals surface area contributed by atoms with Crippen molar-refractivity contribution < 1.29 is 17.9 Å². The van der Waals surface area contributed by atoms with Crippen LogP contribution in [0.25, 0.3) is 0 Å². The molecule has 2 rings (SSSR count). The van der Waals surface area contributed by atoms with Gasteiger partial charge in [-0.3, -0.25) is 4.31 Å². The molecule has 1 aliphatic rings. The Morgan fingerprint density at radius 2 is 2.05 bits per heavy atom. The van der Waals surface area contributed by atoms with Crippen LogP contribution in [0.15, 0.2) is 36.9 Å². The number of carbonyl (C=O) groups is 1. The molecule has 1 saturated heterocycles. The number of rotatable bonds is 4. The zero-order valence-electron chi connectivity index (χ0n) is 10.4. The smallest absolute Gasteiger partial charge is 0.338 e. The highest BCUT2D eigenvalue weighted by atomic mass is 32.2. The molecule has 0 N–H and O–H groups in total. The van der Waals surface area contributed by atoms with Gasteiger partial charge in [0.2, 0.25) is 10.0 Å². The number of carbonyl (C=O) groups excluding carboxylic acids is 1.